The zero-order chi connectivity index (χ0) is 22.0. The lowest BCUT2D eigenvalue weighted by molar-refractivity contribution is -0.112. The summed E-state index contributed by atoms with van der Waals surface area (Å²) in [6.07, 6.45) is 2.96. The highest BCUT2D eigenvalue weighted by Gasteiger charge is 2.28. The van der Waals surface area contributed by atoms with Crippen molar-refractivity contribution in [2.75, 3.05) is 10.6 Å². The van der Waals surface area contributed by atoms with E-state index in [0.717, 1.165) is 6.07 Å². The SMILES string of the molecule is Cc1c(C(=O)Nc2ccc(F)c(Cl)c2)c(C)n(C)c1C(=O)C(=O)Nc1cccnc1. The minimum atomic E-state index is -0.844. The largest absolute Gasteiger partial charge is 0.344 e. The number of nitrogens with one attached hydrogen (secondary N) is 2. The number of hydrogen-bond acceptors (Lipinski definition) is 4. The van der Waals surface area contributed by atoms with Crippen LogP contribution in [0.15, 0.2) is 42.7 Å². The predicted octanol–water partition coefficient (Wildman–Crippen LogP) is 3.90. The summed E-state index contributed by atoms with van der Waals surface area (Å²) in [4.78, 5) is 41.9. The molecule has 0 radical (unpaired) electrons. The molecule has 0 saturated heterocycles. The van der Waals surface area contributed by atoms with Crippen LogP contribution in [-0.4, -0.2) is 27.1 Å². The lowest BCUT2D eigenvalue weighted by atomic mass is 10.1. The Balaban J connectivity index is 1.88. The topological polar surface area (TPSA) is 93.1 Å². The summed E-state index contributed by atoms with van der Waals surface area (Å²) in [5.74, 6) is -2.74. The Bertz CT molecular complexity index is 1160. The molecule has 7 nitrogen and oxygen atoms in total. The number of pyridine rings is 1. The molecule has 2 N–H and O–H groups in total. The van der Waals surface area contributed by atoms with E-state index in [9.17, 15) is 18.8 Å². The van der Waals surface area contributed by atoms with E-state index in [0.29, 0.717) is 22.6 Å². The van der Waals surface area contributed by atoms with Gasteiger partial charge >= 0.3 is 0 Å². The maximum atomic E-state index is 13.3. The normalized spacial score (nSPS) is 10.6. The predicted molar refractivity (Wildman–Crippen MR) is 111 cm³/mol. The van der Waals surface area contributed by atoms with Crippen LogP contribution < -0.4 is 10.6 Å². The Hall–Kier alpha value is -3.52. The smallest absolute Gasteiger partial charge is 0.298 e. The van der Waals surface area contributed by atoms with Crippen LogP contribution in [-0.2, 0) is 11.8 Å². The number of Topliss-reactive ketones (excluding diaryl/α,β-unsaturated/α-hetero) is 1. The number of anilines is 2. The summed E-state index contributed by atoms with van der Waals surface area (Å²) < 4.78 is 14.8. The zero-order valence-electron chi connectivity index (χ0n) is 16.4. The third kappa shape index (κ3) is 4.08. The highest BCUT2D eigenvalue weighted by atomic mass is 35.5. The van der Waals surface area contributed by atoms with E-state index in [2.05, 4.69) is 15.6 Å². The first kappa shape index (κ1) is 21.2. The van der Waals surface area contributed by atoms with Crippen LogP contribution in [0.3, 0.4) is 0 Å². The fourth-order valence-electron chi connectivity index (χ4n) is 3.13. The van der Waals surface area contributed by atoms with Crippen LogP contribution in [0.2, 0.25) is 5.02 Å². The molecular weight excluding hydrogens is 411 g/mol. The molecule has 3 rings (SSSR count). The first-order chi connectivity index (χ1) is 14.2. The second-order valence-corrected chi connectivity index (χ2v) is 7.01. The third-order valence-electron chi connectivity index (χ3n) is 4.68. The summed E-state index contributed by atoms with van der Waals surface area (Å²) in [5.41, 5.74) is 1.87. The summed E-state index contributed by atoms with van der Waals surface area (Å²) in [6.45, 7) is 3.25. The summed E-state index contributed by atoms with van der Waals surface area (Å²) >= 11 is 5.75. The Labute approximate surface area is 176 Å². The van der Waals surface area contributed by atoms with E-state index in [1.165, 1.54) is 22.9 Å². The summed E-state index contributed by atoms with van der Waals surface area (Å²) in [5, 5.41) is 4.99. The van der Waals surface area contributed by atoms with Gasteiger partial charge in [-0.3, -0.25) is 19.4 Å². The zero-order valence-corrected chi connectivity index (χ0v) is 17.2. The molecule has 0 unspecified atom stereocenters. The number of nitrogens with zero attached hydrogens (tertiary/aromatic N) is 2. The van der Waals surface area contributed by atoms with Crippen LogP contribution in [0, 0.1) is 19.7 Å². The number of carbonyl (C=O) groups is 3. The molecule has 0 atom stereocenters. The molecule has 0 aliphatic heterocycles. The minimum Gasteiger partial charge on any atom is -0.344 e. The van der Waals surface area contributed by atoms with Crippen molar-refractivity contribution in [2.45, 2.75) is 13.8 Å². The van der Waals surface area contributed by atoms with Gasteiger partial charge in [-0.25, -0.2) is 4.39 Å². The van der Waals surface area contributed by atoms with Gasteiger partial charge in [-0.1, -0.05) is 11.6 Å². The summed E-state index contributed by atoms with van der Waals surface area (Å²) in [7, 11) is 1.60. The molecule has 2 heterocycles. The van der Waals surface area contributed by atoms with Gasteiger partial charge in [0.15, 0.2) is 0 Å². The van der Waals surface area contributed by atoms with Gasteiger partial charge in [-0.15, -0.1) is 0 Å². The van der Waals surface area contributed by atoms with Crippen molar-refractivity contribution in [3.05, 3.63) is 76.1 Å². The van der Waals surface area contributed by atoms with Crippen molar-refractivity contribution in [3.63, 3.8) is 0 Å². The average Bonchev–Trinajstić information content (AvgIpc) is 2.93. The van der Waals surface area contributed by atoms with Gasteiger partial charge in [-0.2, -0.15) is 0 Å². The molecule has 3 aromatic rings. The van der Waals surface area contributed by atoms with Gasteiger partial charge in [0.25, 0.3) is 17.6 Å². The molecule has 0 aliphatic rings. The number of aromatic nitrogens is 2. The fourth-order valence-corrected chi connectivity index (χ4v) is 3.31. The molecular formula is C21H18ClFN4O3. The average molecular weight is 429 g/mol. The fraction of sp³-hybridized carbons (Fsp3) is 0.143. The van der Waals surface area contributed by atoms with Gasteiger partial charge in [0.1, 0.15) is 5.82 Å². The number of benzene rings is 1. The molecule has 0 aliphatic carbocycles. The van der Waals surface area contributed by atoms with Crippen LogP contribution in [0.4, 0.5) is 15.8 Å². The molecule has 30 heavy (non-hydrogen) atoms. The van der Waals surface area contributed by atoms with Crippen LogP contribution in [0.1, 0.15) is 32.1 Å². The summed E-state index contributed by atoms with van der Waals surface area (Å²) in [6, 6.07) is 7.03. The van der Waals surface area contributed by atoms with Crippen LogP contribution in [0.25, 0.3) is 0 Å². The Morgan fingerprint density at radius 1 is 1.10 bits per heavy atom. The number of hydrogen-bond donors (Lipinski definition) is 2. The van der Waals surface area contributed by atoms with Gasteiger partial charge < -0.3 is 15.2 Å². The second-order valence-electron chi connectivity index (χ2n) is 6.60. The highest BCUT2D eigenvalue weighted by molar-refractivity contribution is 6.46. The molecule has 0 bridgehead atoms. The Kier molecular flexibility index (Phi) is 5.98. The van der Waals surface area contributed by atoms with E-state index in [1.54, 1.807) is 39.2 Å². The molecule has 9 heteroatoms. The van der Waals surface area contributed by atoms with E-state index < -0.39 is 23.4 Å². The molecule has 0 fully saturated rings. The van der Waals surface area contributed by atoms with Crippen molar-refractivity contribution < 1.29 is 18.8 Å². The van der Waals surface area contributed by atoms with Gasteiger partial charge in [-0.05, 0) is 49.7 Å². The van der Waals surface area contributed by atoms with Gasteiger partial charge in [0.05, 0.1) is 28.2 Å². The van der Waals surface area contributed by atoms with Crippen molar-refractivity contribution >= 4 is 40.6 Å². The molecule has 154 valence electrons. The van der Waals surface area contributed by atoms with Crippen molar-refractivity contribution in [1.82, 2.24) is 9.55 Å². The maximum Gasteiger partial charge on any atom is 0.298 e. The quantitative estimate of drug-likeness (QED) is 0.476. The highest BCUT2D eigenvalue weighted by Crippen LogP contribution is 2.25. The number of ketones is 1. The number of halogens is 2. The lowest BCUT2D eigenvalue weighted by Crippen LogP contribution is -2.25. The molecule has 0 spiro atoms. The first-order valence-electron chi connectivity index (χ1n) is 8.88. The van der Waals surface area contributed by atoms with E-state index in [1.807, 2.05) is 0 Å². The monoisotopic (exact) mass is 428 g/mol. The number of carbonyl (C=O) groups excluding carboxylic acids is 3. The third-order valence-corrected chi connectivity index (χ3v) is 4.97. The lowest BCUT2D eigenvalue weighted by Gasteiger charge is -2.07. The number of rotatable bonds is 5. The van der Waals surface area contributed by atoms with Crippen LogP contribution >= 0.6 is 11.6 Å². The Morgan fingerprint density at radius 3 is 2.47 bits per heavy atom. The first-order valence-corrected chi connectivity index (χ1v) is 9.26. The molecule has 2 aromatic heterocycles. The van der Waals surface area contributed by atoms with Crippen molar-refractivity contribution in [3.8, 4) is 0 Å². The standard InChI is InChI=1S/C21H18ClFN4O3/c1-11-17(20(29)25-13-6-7-16(23)15(22)9-13)12(2)27(3)18(11)19(28)21(30)26-14-5-4-8-24-10-14/h4-10H,1-3H3,(H,25,29)(H,26,30). The second kappa shape index (κ2) is 8.46. The molecule has 2 amide bonds. The molecule has 0 saturated carbocycles. The molecule has 1 aromatic carbocycles. The van der Waals surface area contributed by atoms with E-state index >= 15 is 0 Å². The van der Waals surface area contributed by atoms with Crippen molar-refractivity contribution in [2.24, 2.45) is 7.05 Å². The van der Waals surface area contributed by atoms with Crippen LogP contribution in [0.5, 0.6) is 0 Å². The van der Waals surface area contributed by atoms with Gasteiger partial charge in [0.2, 0.25) is 0 Å². The van der Waals surface area contributed by atoms with Gasteiger partial charge in [0, 0.05) is 24.6 Å². The van der Waals surface area contributed by atoms with E-state index in [4.69, 9.17) is 11.6 Å². The Morgan fingerprint density at radius 2 is 1.83 bits per heavy atom. The number of amides is 2. The maximum absolute atomic E-state index is 13.3. The van der Waals surface area contributed by atoms with Crippen molar-refractivity contribution in [1.29, 1.82) is 0 Å². The van der Waals surface area contributed by atoms with E-state index in [-0.39, 0.29) is 16.3 Å². The minimum absolute atomic E-state index is 0.0937.